The molecule has 0 radical (unpaired) electrons. The molecule has 288 valence electrons. The highest BCUT2D eigenvalue weighted by Gasteiger charge is 2.66. The van der Waals surface area contributed by atoms with Gasteiger partial charge in [-0.05, 0) is 72.8 Å². The van der Waals surface area contributed by atoms with E-state index in [2.05, 4.69) is 42.5 Å². The van der Waals surface area contributed by atoms with Crippen LogP contribution in [0, 0.1) is 5.92 Å². The van der Waals surface area contributed by atoms with Gasteiger partial charge in [-0.2, -0.15) is 0 Å². The molecule has 3 saturated heterocycles. The lowest BCUT2D eigenvalue weighted by molar-refractivity contribution is -0.146. The maximum absolute atomic E-state index is 15.4. The fourth-order valence-electron chi connectivity index (χ4n) is 9.64. The number of carbonyl (C=O) groups excluding carboxylic acids is 3. The van der Waals surface area contributed by atoms with E-state index in [1.54, 1.807) is 11.8 Å². The SMILES string of the molecule is COc1ccc([Si](C)(C)[C@H]2[C@H](CCn3cc(CCO)nn3)O[C@@]3(C(=O)N(Cc4ccc(N5CCCC5=O)cc4)c4ccc(N5CCCC5=O)cc43)[C@@H]2C)cc1. The van der Waals surface area contributed by atoms with Crippen LogP contribution in [0.1, 0.15) is 55.8 Å². The smallest absolute Gasteiger partial charge is 0.264 e. The number of hydrogen-bond acceptors (Lipinski definition) is 8. The number of nitrogens with zero attached hydrogens (tertiary/aromatic N) is 6. The molecule has 0 unspecified atom stereocenters. The van der Waals surface area contributed by atoms with Crippen molar-refractivity contribution in [3.05, 3.63) is 89.7 Å². The second kappa shape index (κ2) is 14.7. The van der Waals surface area contributed by atoms with E-state index < -0.39 is 13.7 Å². The molecule has 12 nitrogen and oxygen atoms in total. The number of aliphatic hydroxyl groups excluding tert-OH is 1. The Morgan fingerprint density at radius 3 is 2.24 bits per heavy atom. The molecule has 4 aliphatic heterocycles. The largest absolute Gasteiger partial charge is 0.497 e. The van der Waals surface area contributed by atoms with E-state index in [1.165, 1.54) is 5.19 Å². The van der Waals surface area contributed by atoms with Crippen LogP contribution in [-0.4, -0.2) is 78.8 Å². The van der Waals surface area contributed by atoms with Crippen LogP contribution in [0.5, 0.6) is 5.75 Å². The van der Waals surface area contributed by atoms with Crippen molar-refractivity contribution in [2.24, 2.45) is 5.92 Å². The lowest BCUT2D eigenvalue weighted by Gasteiger charge is -2.37. The zero-order chi connectivity index (χ0) is 38.5. The summed E-state index contributed by atoms with van der Waals surface area (Å²) in [5, 5.41) is 19.3. The first kappa shape index (κ1) is 37.1. The number of ether oxygens (including phenoxy) is 2. The van der Waals surface area contributed by atoms with Gasteiger partial charge in [-0.15, -0.1) is 5.10 Å². The molecule has 4 aliphatic rings. The van der Waals surface area contributed by atoms with Gasteiger partial charge in [-0.25, -0.2) is 0 Å². The lowest BCUT2D eigenvalue weighted by Crippen LogP contribution is -2.51. The van der Waals surface area contributed by atoms with Gasteiger partial charge in [-0.3, -0.25) is 19.1 Å². The average Bonchev–Trinajstić information content (AvgIpc) is 4.02. The summed E-state index contributed by atoms with van der Waals surface area (Å²) in [6.07, 6.45) is 5.34. The minimum atomic E-state index is -2.40. The number of rotatable bonds is 12. The van der Waals surface area contributed by atoms with Crippen molar-refractivity contribution in [1.82, 2.24) is 15.0 Å². The van der Waals surface area contributed by atoms with Crippen molar-refractivity contribution < 1.29 is 29.0 Å². The summed E-state index contributed by atoms with van der Waals surface area (Å²) in [4.78, 5) is 46.4. The third kappa shape index (κ3) is 6.45. The number of amides is 3. The van der Waals surface area contributed by atoms with E-state index in [1.807, 2.05) is 75.5 Å². The van der Waals surface area contributed by atoms with Crippen LogP contribution >= 0.6 is 0 Å². The highest BCUT2D eigenvalue weighted by molar-refractivity contribution is 6.91. The molecule has 55 heavy (non-hydrogen) atoms. The van der Waals surface area contributed by atoms with Crippen LogP contribution in [0.3, 0.4) is 0 Å². The van der Waals surface area contributed by atoms with Crippen LogP contribution in [0.4, 0.5) is 17.1 Å². The van der Waals surface area contributed by atoms with Crippen LogP contribution in [0.25, 0.3) is 0 Å². The minimum Gasteiger partial charge on any atom is -0.497 e. The Labute approximate surface area is 323 Å². The molecule has 1 aromatic heterocycles. The molecule has 0 saturated carbocycles. The van der Waals surface area contributed by atoms with Gasteiger partial charge in [0.1, 0.15) is 5.75 Å². The Balaban J connectivity index is 1.19. The number of anilines is 3. The van der Waals surface area contributed by atoms with Gasteiger partial charge in [0, 0.05) is 74.6 Å². The quantitative estimate of drug-likeness (QED) is 0.201. The number of methoxy groups -OCH3 is 1. The maximum Gasteiger partial charge on any atom is 0.264 e. The topological polar surface area (TPSA) is 130 Å². The molecule has 8 rings (SSSR count). The van der Waals surface area contributed by atoms with Gasteiger partial charge in [0.2, 0.25) is 11.8 Å². The molecule has 4 atom stereocenters. The van der Waals surface area contributed by atoms with Crippen molar-refractivity contribution >= 4 is 48.0 Å². The van der Waals surface area contributed by atoms with E-state index in [9.17, 15) is 14.7 Å². The molecule has 0 bridgehead atoms. The predicted molar refractivity (Wildman–Crippen MR) is 212 cm³/mol. The molecule has 3 aromatic carbocycles. The summed E-state index contributed by atoms with van der Waals surface area (Å²) in [7, 11) is -0.727. The Kier molecular flexibility index (Phi) is 9.89. The molecule has 3 fully saturated rings. The van der Waals surface area contributed by atoms with Crippen LogP contribution in [0.2, 0.25) is 18.6 Å². The van der Waals surface area contributed by atoms with E-state index in [-0.39, 0.29) is 41.9 Å². The van der Waals surface area contributed by atoms with Crippen molar-refractivity contribution in [3.63, 3.8) is 0 Å². The van der Waals surface area contributed by atoms with Crippen LogP contribution in [-0.2, 0) is 44.2 Å². The number of aliphatic hydroxyl groups is 1. The van der Waals surface area contributed by atoms with E-state index in [0.29, 0.717) is 45.3 Å². The number of fused-ring (bicyclic) bond motifs is 2. The first-order valence-electron chi connectivity index (χ1n) is 19.5. The fraction of sp³-hybridized carbons (Fsp3) is 0.452. The summed E-state index contributed by atoms with van der Waals surface area (Å²) in [6, 6.07) is 22.3. The molecule has 4 aromatic rings. The number of hydrogen-bond donors (Lipinski definition) is 1. The average molecular weight is 763 g/mol. The first-order chi connectivity index (χ1) is 26.5. The second-order valence-corrected chi connectivity index (χ2v) is 20.6. The molecule has 1 N–H and O–H groups in total. The Hall–Kier alpha value is -4.85. The van der Waals surface area contributed by atoms with E-state index in [4.69, 9.17) is 9.47 Å². The predicted octanol–water partition coefficient (Wildman–Crippen LogP) is 4.93. The normalized spacial score (nSPS) is 23.8. The van der Waals surface area contributed by atoms with Gasteiger partial charge < -0.3 is 29.3 Å². The third-order valence-corrected chi connectivity index (χ3v) is 16.8. The van der Waals surface area contributed by atoms with Crippen molar-refractivity contribution in [1.29, 1.82) is 0 Å². The summed E-state index contributed by atoms with van der Waals surface area (Å²) >= 11 is 0. The first-order valence-corrected chi connectivity index (χ1v) is 22.6. The summed E-state index contributed by atoms with van der Waals surface area (Å²) in [5.41, 5.74) is 3.66. The number of aryl methyl sites for hydroxylation is 1. The molecule has 0 aliphatic carbocycles. The zero-order valence-corrected chi connectivity index (χ0v) is 33.1. The van der Waals surface area contributed by atoms with Gasteiger partial charge in [-0.1, -0.05) is 54.7 Å². The van der Waals surface area contributed by atoms with E-state index >= 15 is 4.79 Å². The second-order valence-electron chi connectivity index (χ2n) is 15.9. The van der Waals surface area contributed by atoms with Gasteiger partial charge in [0.25, 0.3) is 5.91 Å². The molecular formula is C42H50N6O6Si. The molecule has 1 spiro atoms. The zero-order valence-electron chi connectivity index (χ0n) is 32.1. The molecular weight excluding hydrogens is 713 g/mol. The fourth-order valence-corrected chi connectivity index (χ4v) is 13.7. The standard InChI is InChI=1S/C42H50N6O6Si/c1-28-40(55(3,4)34-16-14-33(53-2)15-17-34)37(19-23-45-27-30(20-24-49)43-44-45)54-42(28)35-25-32(47-22-6-8-39(47)51)13-18-36(35)48(41(42)52)26-29-9-11-31(12-10-29)46-21-5-7-38(46)50/h9-18,25,27-28,37,40,49H,5-8,19-24,26H2,1-4H3/t28-,37+,40-,42+/m1/s1. The van der Waals surface area contributed by atoms with Gasteiger partial charge >= 0.3 is 0 Å². The monoisotopic (exact) mass is 762 g/mol. The summed E-state index contributed by atoms with van der Waals surface area (Å²) in [6.45, 7) is 9.14. The molecule has 3 amide bonds. The number of carbonyl (C=O) groups is 3. The highest BCUT2D eigenvalue weighted by Crippen LogP contribution is 2.60. The van der Waals surface area contributed by atoms with Crippen molar-refractivity contribution in [3.8, 4) is 5.75 Å². The Morgan fingerprint density at radius 2 is 1.60 bits per heavy atom. The van der Waals surface area contributed by atoms with Crippen molar-refractivity contribution in [2.45, 2.75) is 88.9 Å². The van der Waals surface area contributed by atoms with Crippen LogP contribution < -0.4 is 24.6 Å². The summed E-state index contributed by atoms with van der Waals surface area (Å²) < 4.78 is 14.7. The minimum absolute atomic E-state index is 0.000510. The molecule has 5 heterocycles. The van der Waals surface area contributed by atoms with Crippen molar-refractivity contribution in [2.75, 3.05) is 41.5 Å². The Bertz CT molecular complexity index is 2090. The number of benzene rings is 3. The maximum atomic E-state index is 15.4. The molecule has 13 heteroatoms. The van der Waals surface area contributed by atoms with Gasteiger partial charge in [0.05, 0.1) is 39.2 Å². The Morgan fingerprint density at radius 1 is 0.927 bits per heavy atom. The number of aromatic nitrogens is 3. The third-order valence-electron chi connectivity index (χ3n) is 12.5. The lowest BCUT2D eigenvalue weighted by atomic mass is 9.82. The van der Waals surface area contributed by atoms with Crippen LogP contribution in [0.15, 0.2) is 72.9 Å². The summed E-state index contributed by atoms with van der Waals surface area (Å²) in [5.74, 6) is 0.701. The van der Waals surface area contributed by atoms with Gasteiger partial charge in [0.15, 0.2) is 5.60 Å². The highest BCUT2D eigenvalue weighted by atomic mass is 28.3. The van der Waals surface area contributed by atoms with E-state index in [0.717, 1.165) is 59.0 Å².